The van der Waals surface area contributed by atoms with Crippen LogP contribution in [0.2, 0.25) is 0 Å². The van der Waals surface area contributed by atoms with Gasteiger partial charge in [0.15, 0.2) is 11.5 Å². The number of thioether (sulfide) groups is 1. The van der Waals surface area contributed by atoms with Crippen molar-refractivity contribution in [2.24, 2.45) is 0 Å². The molecule has 2 aromatic rings. The predicted octanol–water partition coefficient (Wildman–Crippen LogP) is 2.38. The minimum atomic E-state index is -0.0450. The summed E-state index contributed by atoms with van der Waals surface area (Å²) in [6.07, 6.45) is 0. The van der Waals surface area contributed by atoms with Crippen LogP contribution < -0.4 is 4.74 Å². The summed E-state index contributed by atoms with van der Waals surface area (Å²) < 4.78 is 5.67. The molecular formula is C17H19N3O3S. The van der Waals surface area contributed by atoms with E-state index in [9.17, 15) is 9.59 Å². The van der Waals surface area contributed by atoms with E-state index in [0.29, 0.717) is 17.0 Å². The molecule has 1 aliphatic heterocycles. The molecule has 3 rings (SSSR count). The highest BCUT2D eigenvalue weighted by molar-refractivity contribution is 7.99. The summed E-state index contributed by atoms with van der Waals surface area (Å²) in [4.78, 5) is 25.6. The minimum absolute atomic E-state index is 0.00503. The fraction of sp³-hybridized carbons (Fsp3) is 0.353. The fourth-order valence-electron chi connectivity index (χ4n) is 2.44. The second kappa shape index (κ2) is 7.53. The zero-order chi connectivity index (χ0) is 16.9. The van der Waals surface area contributed by atoms with Crippen LogP contribution in [0.3, 0.4) is 0 Å². The second-order valence-corrected chi connectivity index (χ2v) is 6.78. The molecule has 0 unspecified atom stereocenters. The molecule has 7 heteroatoms. The fourth-order valence-corrected chi connectivity index (χ4v) is 3.34. The van der Waals surface area contributed by atoms with E-state index < -0.39 is 0 Å². The molecule has 1 aromatic carbocycles. The van der Waals surface area contributed by atoms with E-state index >= 15 is 0 Å². The van der Waals surface area contributed by atoms with Crippen LogP contribution in [0.1, 0.15) is 33.5 Å². The molecule has 1 fully saturated rings. The number of hydrogen-bond acceptors (Lipinski definition) is 5. The second-order valence-electron chi connectivity index (χ2n) is 5.56. The highest BCUT2D eigenvalue weighted by atomic mass is 32.2. The van der Waals surface area contributed by atoms with Crippen LogP contribution in [0.15, 0.2) is 30.3 Å². The van der Waals surface area contributed by atoms with E-state index in [4.69, 9.17) is 4.74 Å². The van der Waals surface area contributed by atoms with Gasteiger partial charge in [0, 0.05) is 30.2 Å². The Hall–Kier alpha value is -2.28. The quantitative estimate of drug-likeness (QED) is 0.842. The van der Waals surface area contributed by atoms with E-state index in [1.54, 1.807) is 30.3 Å². The van der Waals surface area contributed by atoms with Crippen LogP contribution in [-0.4, -0.2) is 51.4 Å². The number of H-pyrrole nitrogens is 1. The lowest BCUT2D eigenvalue weighted by molar-refractivity contribution is 0.0766. The van der Waals surface area contributed by atoms with Crippen LogP contribution in [-0.2, 0) is 6.61 Å². The minimum Gasteiger partial charge on any atom is -0.487 e. The third-order valence-electron chi connectivity index (χ3n) is 3.78. The Kier molecular flexibility index (Phi) is 5.20. The maximum absolute atomic E-state index is 12.4. The van der Waals surface area contributed by atoms with Crippen molar-refractivity contribution in [3.05, 3.63) is 47.3 Å². The number of ketones is 1. The number of ether oxygens (including phenoxy) is 1. The number of nitrogens with one attached hydrogen (secondary N) is 1. The zero-order valence-electron chi connectivity index (χ0n) is 13.4. The Labute approximate surface area is 144 Å². The van der Waals surface area contributed by atoms with Crippen molar-refractivity contribution in [1.29, 1.82) is 0 Å². The standard InChI is InChI=1S/C17H19N3O3S/c1-12(21)13-3-2-4-15(9-13)23-11-14-10-16(19-18-14)17(22)20-5-7-24-8-6-20/h2-4,9-10H,5-8,11H2,1H3,(H,18,19). The molecule has 2 heterocycles. The van der Waals surface area contributed by atoms with Crippen molar-refractivity contribution in [1.82, 2.24) is 15.1 Å². The van der Waals surface area contributed by atoms with E-state index in [2.05, 4.69) is 10.2 Å². The first kappa shape index (κ1) is 16.6. The molecule has 24 heavy (non-hydrogen) atoms. The highest BCUT2D eigenvalue weighted by Gasteiger charge is 2.20. The molecule has 1 aliphatic rings. The van der Waals surface area contributed by atoms with E-state index in [-0.39, 0.29) is 18.3 Å². The summed E-state index contributed by atoms with van der Waals surface area (Å²) in [6.45, 7) is 3.31. The smallest absolute Gasteiger partial charge is 0.274 e. The molecular weight excluding hydrogens is 326 g/mol. The van der Waals surface area contributed by atoms with Crippen LogP contribution in [0, 0.1) is 0 Å². The van der Waals surface area contributed by atoms with E-state index in [1.807, 2.05) is 16.7 Å². The van der Waals surface area contributed by atoms with Gasteiger partial charge in [-0.1, -0.05) is 12.1 Å². The van der Waals surface area contributed by atoms with E-state index in [0.717, 1.165) is 30.3 Å². The van der Waals surface area contributed by atoms with Gasteiger partial charge in [0.1, 0.15) is 12.4 Å². The van der Waals surface area contributed by atoms with Gasteiger partial charge >= 0.3 is 0 Å². The van der Waals surface area contributed by atoms with Gasteiger partial charge in [0.25, 0.3) is 5.91 Å². The Bertz CT molecular complexity index is 738. The first-order chi connectivity index (χ1) is 11.6. The molecule has 0 atom stereocenters. The molecule has 0 spiro atoms. The molecule has 0 aliphatic carbocycles. The van der Waals surface area contributed by atoms with Crippen molar-refractivity contribution in [2.75, 3.05) is 24.6 Å². The number of carbonyl (C=O) groups is 2. The van der Waals surface area contributed by atoms with Crippen LogP contribution in [0.4, 0.5) is 0 Å². The van der Waals surface area contributed by atoms with E-state index in [1.165, 1.54) is 6.92 Å². The van der Waals surface area contributed by atoms with Gasteiger partial charge < -0.3 is 9.64 Å². The number of carbonyl (C=O) groups excluding carboxylic acids is 2. The third-order valence-corrected chi connectivity index (χ3v) is 4.73. The number of nitrogens with zero attached hydrogens (tertiary/aromatic N) is 2. The van der Waals surface area contributed by atoms with Crippen LogP contribution in [0.5, 0.6) is 5.75 Å². The van der Waals surface area contributed by atoms with Crippen molar-refractivity contribution >= 4 is 23.5 Å². The number of hydrogen-bond donors (Lipinski definition) is 1. The molecule has 1 saturated heterocycles. The average molecular weight is 345 g/mol. The molecule has 1 N–H and O–H groups in total. The Morgan fingerprint density at radius 3 is 2.83 bits per heavy atom. The topological polar surface area (TPSA) is 75.3 Å². The summed E-state index contributed by atoms with van der Waals surface area (Å²) in [5, 5.41) is 6.93. The van der Waals surface area contributed by atoms with Gasteiger partial charge in [0.2, 0.25) is 0 Å². The molecule has 1 amide bonds. The average Bonchev–Trinajstić information content (AvgIpc) is 3.09. The lowest BCUT2D eigenvalue weighted by Crippen LogP contribution is -2.38. The normalized spacial score (nSPS) is 14.5. The Balaban J connectivity index is 1.60. The summed E-state index contributed by atoms with van der Waals surface area (Å²) in [5.41, 5.74) is 1.74. The van der Waals surface area contributed by atoms with Gasteiger partial charge in [-0.15, -0.1) is 0 Å². The Morgan fingerprint density at radius 1 is 1.29 bits per heavy atom. The lowest BCUT2D eigenvalue weighted by Gasteiger charge is -2.25. The maximum atomic E-state index is 12.4. The van der Waals surface area contributed by atoms with Crippen LogP contribution in [0.25, 0.3) is 0 Å². The molecule has 0 bridgehead atoms. The molecule has 1 aromatic heterocycles. The summed E-state index contributed by atoms with van der Waals surface area (Å²) in [5.74, 6) is 2.50. The Morgan fingerprint density at radius 2 is 2.08 bits per heavy atom. The number of rotatable bonds is 5. The van der Waals surface area contributed by atoms with Gasteiger partial charge in [0.05, 0.1) is 5.69 Å². The summed E-state index contributed by atoms with van der Waals surface area (Å²) >= 11 is 1.86. The summed E-state index contributed by atoms with van der Waals surface area (Å²) in [7, 11) is 0. The van der Waals surface area contributed by atoms with Gasteiger partial charge in [-0.2, -0.15) is 16.9 Å². The highest BCUT2D eigenvalue weighted by Crippen LogP contribution is 2.16. The maximum Gasteiger partial charge on any atom is 0.274 e. The van der Waals surface area contributed by atoms with Crippen molar-refractivity contribution in [3.8, 4) is 5.75 Å². The SMILES string of the molecule is CC(=O)c1cccc(OCc2cc(C(=O)N3CCSCC3)n[nH]2)c1. The van der Waals surface area contributed by atoms with Crippen molar-refractivity contribution in [2.45, 2.75) is 13.5 Å². The van der Waals surface area contributed by atoms with Crippen molar-refractivity contribution in [3.63, 3.8) is 0 Å². The molecule has 0 saturated carbocycles. The zero-order valence-corrected chi connectivity index (χ0v) is 14.3. The molecule has 6 nitrogen and oxygen atoms in total. The predicted molar refractivity (Wildman–Crippen MR) is 92.6 cm³/mol. The molecule has 0 radical (unpaired) electrons. The number of benzene rings is 1. The number of amides is 1. The van der Waals surface area contributed by atoms with Crippen molar-refractivity contribution < 1.29 is 14.3 Å². The lowest BCUT2D eigenvalue weighted by atomic mass is 10.1. The molecule has 126 valence electrons. The van der Waals surface area contributed by atoms with Gasteiger partial charge in [-0.05, 0) is 25.1 Å². The number of aromatic amines is 1. The third kappa shape index (κ3) is 3.97. The first-order valence-corrected chi connectivity index (χ1v) is 8.94. The first-order valence-electron chi connectivity index (χ1n) is 7.78. The largest absolute Gasteiger partial charge is 0.487 e. The number of Topliss-reactive ketones (excluding diaryl/α,β-unsaturated/α-hetero) is 1. The summed E-state index contributed by atoms with van der Waals surface area (Å²) in [6, 6.07) is 8.75. The van der Waals surface area contributed by atoms with Gasteiger partial charge in [-0.25, -0.2) is 0 Å². The van der Waals surface area contributed by atoms with Crippen LogP contribution >= 0.6 is 11.8 Å². The van der Waals surface area contributed by atoms with Gasteiger partial charge in [-0.3, -0.25) is 14.7 Å². The monoisotopic (exact) mass is 345 g/mol. The number of aromatic nitrogens is 2.